The molecule has 1 aromatic carbocycles. The van der Waals surface area contributed by atoms with Gasteiger partial charge in [-0.2, -0.15) is 0 Å². The number of para-hydroxylation sites is 1. The zero-order valence-corrected chi connectivity index (χ0v) is 16.6. The van der Waals surface area contributed by atoms with Crippen molar-refractivity contribution >= 4 is 23.1 Å². The van der Waals surface area contributed by atoms with E-state index in [2.05, 4.69) is 20.9 Å². The van der Waals surface area contributed by atoms with Crippen LogP contribution in [0.5, 0.6) is 0 Å². The Labute approximate surface area is 169 Å². The van der Waals surface area contributed by atoms with E-state index in [9.17, 15) is 14.9 Å². The van der Waals surface area contributed by atoms with Crippen LogP contribution in [0.1, 0.15) is 17.5 Å². The van der Waals surface area contributed by atoms with Crippen molar-refractivity contribution in [1.82, 2.24) is 9.88 Å². The minimum Gasteiger partial charge on any atom is -0.354 e. The Balaban J connectivity index is 1.35. The minimum absolute atomic E-state index is 0.0415. The summed E-state index contributed by atoms with van der Waals surface area (Å²) < 4.78 is 0. The molecule has 2 aliphatic heterocycles. The third kappa shape index (κ3) is 4.07. The molecule has 0 saturated carbocycles. The number of aryl methyl sites for hydroxylation is 2. The number of anilines is 2. The van der Waals surface area contributed by atoms with Crippen LogP contribution < -0.4 is 9.80 Å². The maximum Gasteiger partial charge on any atom is 0.290 e. The van der Waals surface area contributed by atoms with Crippen LogP contribution in [0.4, 0.5) is 17.2 Å². The van der Waals surface area contributed by atoms with Crippen molar-refractivity contribution in [3.8, 4) is 0 Å². The molecule has 0 spiro atoms. The van der Waals surface area contributed by atoms with E-state index < -0.39 is 4.92 Å². The van der Waals surface area contributed by atoms with Gasteiger partial charge in [-0.1, -0.05) is 18.2 Å². The molecular weight excluding hydrogens is 370 g/mol. The number of pyridine rings is 1. The quantitative estimate of drug-likeness (QED) is 0.584. The van der Waals surface area contributed by atoms with Gasteiger partial charge in [0.15, 0.2) is 0 Å². The predicted octanol–water partition coefficient (Wildman–Crippen LogP) is 2.40. The topological polar surface area (TPSA) is 82.8 Å². The highest BCUT2D eigenvalue weighted by molar-refractivity contribution is 5.96. The van der Waals surface area contributed by atoms with Gasteiger partial charge in [-0.25, -0.2) is 4.98 Å². The Kier molecular flexibility index (Phi) is 5.44. The number of carbonyl (C=O) groups excluding carboxylic acids is 1. The normalized spacial score (nSPS) is 17.1. The van der Waals surface area contributed by atoms with Crippen molar-refractivity contribution < 1.29 is 9.72 Å². The van der Waals surface area contributed by atoms with Gasteiger partial charge < -0.3 is 9.80 Å². The highest BCUT2D eigenvalue weighted by Crippen LogP contribution is 2.27. The average molecular weight is 395 g/mol. The molecule has 4 rings (SSSR count). The summed E-state index contributed by atoms with van der Waals surface area (Å²) in [4.78, 5) is 34.0. The third-order valence-electron chi connectivity index (χ3n) is 5.73. The van der Waals surface area contributed by atoms with Crippen LogP contribution in [0, 0.1) is 17.0 Å². The standard InChI is InChI=1S/C21H25N5O3/c1-16-13-20(22-14-19(16)26(28)29)24-11-9-23(10-12-24)15-21(27)25-8-4-6-17-5-2-3-7-18(17)25/h2-3,5,7,13-14H,4,6,8-12,15H2,1H3. The lowest BCUT2D eigenvalue weighted by atomic mass is 10.0. The van der Waals surface area contributed by atoms with Crippen molar-refractivity contribution in [2.75, 3.05) is 49.1 Å². The van der Waals surface area contributed by atoms with Crippen LogP contribution in [0.25, 0.3) is 0 Å². The van der Waals surface area contributed by atoms with Gasteiger partial charge in [0.25, 0.3) is 5.69 Å². The van der Waals surface area contributed by atoms with Crippen molar-refractivity contribution in [1.29, 1.82) is 0 Å². The minimum atomic E-state index is -0.408. The van der Waals surface area contributed by atoms with Gasteiger partial charge in [-0.15, -0.1) is 0 Å². The van der Waals surface area contributed by atoms with Crippen LogP contribution in [0.2, 0.25) is 0 Å². The fourth-order valence-electron chi connectivity index (χ4n) is 4.10. The van der Waals surface area contributed by atoms with E-state index in [1.165, 1.54) is 11.8 Å². The lowest BCUT2D eigenvalue weighted by molar-refractivity contribution is -0.385. The van der Waals surface area contributed by atoms with Crippen molar-refractivity contribution in [2.24, 2.45) is 0 Å². The molecule has 1 fully saturated rings. The number of benzene rings is 1. The third-order valence-corrected chi connectivity index (χ3v) is 5.73. The van der Waals surface area contributed by atoms with Crippen LogP contribution >= 0.6 is 0 Å². The number of aromatic nitrogens is 1. The Morgan fingerprint density at radius 1 is 1.17 bits per heavy atom. The van der Waals surface area contributed by atoms with Crippen LogP contribution in [0.15, 0.2) is 36.5 Å². The molecule has 3 heterocycles. The van der Waals surface area contributed by atoms with Gasteiger partial charge in [-0.05, 0) is 37.5 Å². The van der Waals surface area contributed by atoms with Crippen LogP contribution in [-0.2, 0) is 11.2 Å². The largest absolute Gasteiger partial charge is 0.354 e. The molecule has 1 saturated heterocycles. The number of fused-ring (bicyclic) bond motifs is 1. The molecule has 0 N–H and O–H groups in total. The van der Waals surface area contributed by atoms with Gasteiger partial charge in [0.1, 0.15) is 12.0 Å². The number of nitrogens with zero attached hydrogens (tertiary/aromatic N) is 5. The molecule has 0 radical (unpaired) electrons. The van der Waals surface area contributed by atoms with E-state index in [1.54, 1.807) is 13.0 Å². The maximum absolute atomic E-state index is 12.9. The number of nitro groups is 1. The van der Waals surface area contributed by atoms with Crippen LogP contribution in [0.3, 0.4) is 0 Å². The Morgan fingerprint density at radius 2 is 1.93 bits per heavy atom. The average Bonchev–Trinajstić information content (AvgIpc) is 2.73. The summed E-state index contributed by atoms with van der Waals surface area (Å²) in [6.07, 6.45) is 3.36. The molecule has 1 aromatic heterocycles. The zero-order chi connectivity index (χ0) is 20.4. The zero-order valence-electron chi connectivity index (χ0n) is 16.6. The number of hydrogen-bond donors (Lipinski definition) is 0. The maximum atomic E-state index is 12.9. The Morgan fingerprint density at radius 3 is 2.66 bits per heavy atom. The van der Waals surface area contributed by atoms with E-state index in [4.69, 9.17) is 0 Å². The number of hydrogen-bond acceptors (Lipinski definition) is 6. The van der Waals surface area contributed by atoms with E-state index >= 15 is 0 Å². The Hall–Kier alpha value is -3.00. The second kappa shape index (κ2) is 8.16. The van der Waals surface area contributed by atoms with E-state index in [1.807, 2.05) is 23.1 Å². The van der Waals surface area contributed by atoms with Gasteiger partial charge in [-0.3, -0.25) is 19.8 Å². The molecule has 0 unspecified atom stereocenters. The summed E-state index contributed by atoms with van der Waals surface area (Å²) in [5.41, 5.74) is 2.95. The smallest absolute Gasteiger partial charge is 0.290 e. The molecule has 8 nitrogen and oxygen atoms in total. The second-order valence-corrected chi connectivity index (χ2v) is 7.63. The summed E-state index contributed by atoms with van der Waals surface area (Å²) >= 11 is 0. The first kappa shape index (κ1) is 19.3. The first-order chi connectivity index (χ1) is 14.0. The summed E-state index contributed by atoms with van der Waals surface area (Å²) in [6.45, 7) is 5.94. The molecule has 2 aliphatic rings. The fourth-order valence-corrected chi connectivity index (χ4v) is 4.10. The molecule has 8 heteroatoms. The fraction of sp³-hybridized carbons (Fsp3) is 0.429. The summed E-state index contributed by atoms with van der Waals surface area (Å²) in [7, 11) is 0. The number of amides is 1. The molecule has 152 valence electrons. The SMILES string of the molecule is Cc1cc(N2CCN(CC(=O)N3CCCc4ccccc43)CC2)ncc1[N+](=O)[O-]. The summed E-state index contributed by atoms with van der Waals surface area (Å²) in [6, 6.07) is 9.92. The summed E-state index contributed by atoms with van der Waals surface area (Å²) in [5, 5.41) is 11.0. The number of carbonyl (C=O) groups is 1. The van der Waals surface area contributed by atoms with Gasteiger partial charge in [0, 0.05) is 44.0 Å². The van der Waals surface area contributed by atoms with Crippen molar-refractivity contribution in [2.45, 2.75) is 19.8 Å². The first-order valence-corrected chi connectivity index (χ1v) is 9.99. The molecule has 1 amide bonds. The second-order valence-electron chi connectivity index (χ2n) is 7.63. The lowest BCUT2D eigenvalue weighted by Gasteiger charge is -2.37. The predicted molar refractivity (Wildman–Crippen MR) is 111 cm³/mol. The van der Waals surface area contributed by atoms with Gasteiger partial charge >= 0.3 is 0 Å². The highest BCUT2D eigenvalue weighted by Gasteiger charge is 2.26. The monoisotopic (exact) mass is 395 g/mol. The molecule has 0 atom stereocenters. The van der Waals surface area contributed by atoms with Gasteiger partial charge in [0.05, 0.1) is 11.5 Å². The Bertz CT molecular complexity index is 924. The molecule has 2 aromatic rings. The van der Waals surface area contributed by atoms with E-state index in [0.717, 1.165) is 57.1 Å². The number of piperazine rings is 1. The molecular formula is C21H25N5O3. The number of rotatable bonds is 4. The lowest BCUT2D eigenvalue weighted by Crippen LogP contribution is -2.51. The first-order valence-electron chi connectivity index (χ1n) is 9.99. The van der Waals surface area contributed by atoms with Gasteiger partial charge in [0.2, 0.25) is 5.91 Å². The van der Waals surface area contributed by atoms with Crippen LogP contribution in [-0.4, -0.2) is 60.0 Å². The summed E-state index contributed by atoms with van der Waals surface area (Å²) in [5.74, 6) is 0.902. The molecule has 0 aliphatic carbocycles. The molecule has 29 heavy (non-hydrogen) atoms. The van der Waals surface area contributed by atoms with Crippen molar-refractivity contribution in [3.05, 3.63) is 57.8 Å². The van der Waals surface area contributed by atoms with Crippen molar-refractivity contribution in [3.63, 3.8) is 0 Å². The van der Waals surface area contributed by atoms with E-state index in [-0.39, 0.29) is 11.6 Å². The van der Waals surface area contributed by atoms with E-state index in [0.29, 0.717) is 12.1 Å². The highest BCUT2D eigenvalue weighted by atomic mass is 16.6. The molecule has 0 bridgehead atoms.